The first-order valence-corrected chi connectivity index (χ1v) is 7.20. The Labute approximate surface area is 118 Å². The van der Waals surface area contributed by atoms with Crippen molar-refractivity contribution in [3.05, 3.63) is 11.3 Å². The third-order valence-corrected chi connectivity index (χ3v) is 4.07. The Kier molecular flexibility index (Phi) is 3.71. The van der Waals surface area contributed by atoms with Gasteiger partial charge in [0.2, 0.25) is 18.2 Å². The van der Waals surface area contributed by atoms with Crippen molar-refractivity contribution >= 4 is 12.4 Å². The molecule has 0 bridgehead atoms. The molecule has 1 aliphatic heterocycles. The van der Waals surface area contributed by atoms with E-state index in [0.29, 0.717) is 0 Å². The molecule has 0 saturated carbocycles. The van der Waals surface area contributed by atoms with Crippen LogP contribution in [0.1, 0.15) is 24.1 Å². The van der Waals surface area contributed by atoms with Crippen molar-refractivity contribution < 1.29 is 9.53 Å². The van der Waals surface area contributed by atoms with Gasteiger partial charge < -0.3 is 14.5 Å². The summed E-state index contributed by atoms with van der Waals surface area (Å²) >= 11 is 0. The molecule has 1 saturated heterocycles. The van der Waals surface area contributed by atoms with Crippen molar-refractivity contribution in [1.29, 1.82) is 0 Å². The Bertz CT molecular complexity index is 481. The zero-order valence-corrected chi connectivity index (χ0v) is 11.8. The van der Waals surface area contributed by atoms with E-state index >= 15 is 0 Å². The van der Waals surface area contributed by atoms with Crippen molar-refractivity contribution in [1.82, 2.24) is 14.9 Å². The Morgan fingerprint density at radius 1 is 1.10 bits per heavy atom. The SMILES string of the molecule is COc1nc(N2CCN(C=O)CC2)nc2c1CCCC2. The third kappa shape index (κ3) is 2.42. The predicted molar refractivity (Wildman–Crippen MR) is 75.1 cm³/mol. The molecule has 0 spiro atoms. The van der Waals surface area contributed by atoms with Crippen LogP contribution in [0.15, 0.2) is 0 Å². The van der Waals surface area contributed by atoms with Crippen LogP contribution in [0.25, 0.3) is 0 Å². The fourth-order valence-corrected chi connectivity index (χ4v) is 2.88. The van der Waals surface area contributed by atoms with E-state index in [-0.39, 0.29) is 0 Å². The number of hydrogen-bond donors (Lipinski definition) is 0. The average molecular weight is 276 g/mol. The topological polar surface area (TPSA) is 58.6 Å². The molecule has 6 heteroatoms. The lowest BCUT2D eigenvalue weighted by molar-refractivity contribution is -0.118. The number of hydrogen-bond acceptors (Lipinski definition) is 5. The molecule has 108 valence electrons. The molecule has 1 amide bonds. The molecule has 3 rings (SSSR count). The summed E-state index contributed by atoms with van der Waals surface area (Å²) in [6.45, 7) is 3.01. The minimum Gasteiger partial charge on any atom is -0.481 e. The van der Waals surface area contributed by atoms with E-state index in [1.807, 2.05) is 0 Å². The number of nitrogens with zero attached hydrogens (tertiary/aromatic N) is 4. The number of rotatable bonds is 3. The third-order valence-electron chi connectivity index (χ3n) is 4.07. The summed E-state index contributed by atoms with van der Waals surface area (Å²) in [4.78, 5) is 24.0. The molecule has 0 unspecified atom stereocenters. The van der Waals surface area contributed by atoms with Crippen molar-refractivity contribution in [3.8, 4) is 5.88 Å². The first kappa shape index (κ1) is 13.1. The highest BCUT2D eigenvalue weighted by Crippen LogP contribution is 2.29. The van der Waals surface area contributed by atoms with E-state index in [2.05, 4.69) is 9.88 Å². The Morgan fingerprint density at radius 2 is 1.85 bits per heavy atom. The molecule has 0 radical (unpaired) electrons. The van der Waals surface area contributed by atoms with E-state index in [4.69, 9.17) is 9.72 Å². The number of aryl methyl sites for hydroxylation is 1. The van der Waals surface area contributed by atoms with E-state index in [1.54, 1.807) is 12.0 Å². The number of ether oxygens (including phenoxy) is 1. The number of fused-ring (bicyclic) bond motifs is 1. The van der Waals surface area contributed by atoms with Gasteiger partial charge in [-0.05, 0) is 25.7 Å². The smallest absolute Gasteiger partial charge is 0.229 e. The first-order valence-electron chi connectivity index (χ1n) is 7.20. The van der Waals surface area contributed by atoms with Crippen LogP contribution < -0.4 is 9.64 Å². The predicted octanol–water partition coefficient (Wildman–Crippen LogP) is 0.642. The van der Waals surface area contributed by atoms with Crippen LogP contribution in [0.4, 0.5) is 5.95 Å². The highest BCUT2D eigenvalue weighted by Gasteiger charge is 2.23. The second kappa shape index (κ2) is 5.64. The molecule has 1 aromatic heterocycles. The zero-order chi connectivity index (χ0) is 13.9. The lowest BCUT2D eigenvalue weighted by Crippen LogP contribution is -2.46. The van der Waals surface area contributed by atoms with Gasteiger partial charge in [-0.25, -0.2) is 4.98 Å². The normalized spacial score (nSPS) is 18.6. The minimum absolute atomic E-state index is 0.725. The average Bonchev–Trinajstić information content (AvgIpc) is 2.54. The van der Waals surface area contributed by atoms with Gasteiger partial charge in [-0.1, -0.05) is 0 Å². The summed E-state index contributed by atoms with van der Waals surface area (Å²) in [6, 6.07) is 0. The molecule has 2 heterocycles. The van der Waals surface area contributed by atoms with Gasteiger partial charge in [-0.15, -0.1) is 0 Å². The molecular formula is C14H20N4O2. The lowest BCUT2D eigenvalue weighted by Gasteiger charge is -2.33. The molecule has 20 heavy (non-hydrogen) atoms. The standard InChI is InChI=1S/C14H20N4O2/c1-20-13-11-4-2-3-5-12(11)15-14(16-13)18-8-6-17(10-19)7-9-18/h10H,2-9H2,1H3. The van der Waals surface area contributed by atoms with Crippen LogP contribution >= 0.6 is 0 Å². The summed E-state index contributed by atoms with van der Waals surface area (Å²) < 4.78 is 5.44. The van der Waals surface area contributed by atoms with Crippen LogP contribution in [0.2, 0.25) is 0 Å². The van der Waals surface area contributed by atoms with E-state index in [1.165, 1.54) is 18.4 Å². The van der Waals surface area contributed by atoms with Crippen LogP contribution in [0.5, 0.6) is 5.88 Å². The van der Waals surface area contributed by atoms with Gasteiger partial charge in [0.15, 0.2) is 0 Å². The Hall–Kier alpha value is -1.85. The molecule has 1 fully saturated rings. The maximum Gasteiger partial charge on any atom is 0.229 e. The van der Waals surface area contributed by atoms with Crippen molar-refractivity contribution in [2.24, 2.45) is 0 Å². The fraction of sp³-hybridized carbons (Fsp3) is 0.643. The number of amides is 1. The number of methoxy groups -OCH3 is 1. The van der Waals surface area contributed by atoms with Crippen LogP contribution in [-0.2, 0) is 17.6 Å². The second-order valence-electron chi connectivity index (χ2n) is 5.29. The number of carbonyl (C=O) groups is 1. The number of piperazine rings is 1. The van der Waals surface area contributed by atoms with Gasteiger partial charge in [-0.3, -0.25) is 4.79 Å². The van der Waals surface area contributed by atoms with E-state index in [0.717, 1.165) is 63.0 Å². The first-order chi connectivity index (χ1) is 9.81. The van der Waals surface area contributed by atoms with Crippen LogP contribution in [-0.4, -0.2) is 54.6 Å². The van der Waals surface area contributed by atoms with Gasteiger partial charge in [0.25, 0.3) is 0 Å². The maximum absolute atomic E-state index is 10.8. The van der Waals surface area contributed by atoms with Gasteiger partial charge in [-0.2, -0.15) is 4.98 Å². The second-order valence-corrected chi connectivity index (χ2v) is 5.29. The zero-order valence-electron chi connectivity index (χ0n) is 11.8. The van der Waals surface area contributed by atoms with Crippen molar-refractivity contribution in [3.63, 3.8) is 0 Å². The highest BCUT2D eigenvalue weighted by molar-refractivity contribution is 5.49. The fourth-order valence-electron chi connectivity index (χ4n) is 2.88. The highest BCUT2D eigenvalue weighted by atomic mass is 16.5. The molecule has 6 nitrogen and oxygen atoms in total. The van der Waals surface area contributed by atoms with Gasteiger partial charge >= 0.3 is 0 Å². The number of aromatic nitrogens is 2. The van der Waals surface area contributed by atoms with Crippen molar-refractivity contribution in [2.75, 3.05) is 38.2 Å². The van der Waals surface area contributed by atoms with E-state index < -0.39 is 0 Å². The molecule has 1 aliphatic carbocycles. The summed E-state index contributed by atoms with van der Waals surface area (Å²) in [6.07, 6.45) is 5.30. The van der Waals surface area contributed by atoms with Crippen molar-refractivity contribution in [2.45, 2.75) is 25.7 Å². The van der Waals surface area contributed by atoms with Gasteiger partial charge in [0, 0.05) is 31.7 Å². The lowest BCUT2D eigenvalue weighted by atomic mass is 9.97. The molecule has 1 aromatic rings. The number of carbonyl (C=O) groups excluding carboxylic acids is 1. The van der Waals surface area contributed by atoms with Gasteiger partial charge in [0.05, 0.1) is 12.8 Å². The van der Waals surface area contributed by atoms with Crippen LogP contribution in [0, 0.1) is 0 Å². The summed E-state index contributed by atoms with van der Waals surface area (Å²) in [5, 5.41) is 0. The minimum atomic E-state index is 0.725. The van der Waals surface area contributed by atoms with Gasteiger partial charge in [0.1, 0.15) is 0 Å². The Morgan fingerprint density at radius 3 is 2.55 bits per heavy atom. The molecule has 0 atom stereocenters. The quantitative estimate of drug-likeness (QED) is 0.758. The molecule has 2 aliphatic rings. The maximum atomic E-state index is 10.8. The monoisotopic (exact) mass is 276 g/mol. The molecule has 0 aromatic carbocycles. The Balaban J connectivity index is 1.85. The summed E-state index contributed by atoms with van der Waals surface area (Å²) in [7, 11) is 1.67. The van der Waals surface area contributed by atoms with E-state index in [9.17, 15) is 4.79 Å². The summed E-state index contributed by atoms with van der Waals surface area (Å²) in [5.41, 5.74) is 2.31. The molecular weight excluding hydrogens is 256 g/mol. The molecule has 0 N–H and O–H groups in total. The largest absolute Gasteiger partial charge is 0.481 e. The number of anilines is 1. The van der Waals surface area contributed by atoms with Crippen LogP contribution in [0.3, 0.4) is 0 Å². The summed E-state index contributed by atoms with van der Waals surface area (Å²) in [5.74, 6) is 1.47.